The first-order valence-electron chi connectivity index (χ1n) is 3.95. The number of nitrogens with two attached hydrogens (primary N) is 1. The normalized spacial score (nSPS) is 13.8. The maximum Gasteiger partial charge on any atom is 0.240 e. The van der Waals surface area contributed by atoms with Crippen molar-refractivity contribution in [2.45, 2.75) is 12.2 Å². The molecule has 0 fully saturated rings. The molecule has 1 amide bonds. The highest BCUT2D eigenvalue weighted by Gasteiger charge is 2.28. The molecule has 13 heavy (non-hydrogen) atoms. The van der Waals surface area contributed by atoms with Crippen LogP contribution in [0.5, 0.6) is 0 Å². The second kappa shape index (κ2) is 4.57. The molecule has 6 heteroatoms. The molecule has 0 aromatic carbocycles. The fourth-order valence-electron chi connectivity index (χ4n) is 0.858. The molecule has 1 unspecified atom stereocenters. The van der Waals surface area contributed by atoms with E-state index in [1.54, 1.807) is 0 Å². The Labute approximate surface area is 78.8 Å². The fourth-order valence-corrected chi connectivity index (χ4v) is 2.06. The Balaban J connectivity index is 4.60. The molecule has 78 valence electrons. The van der Waals surface area contributed by atoms with E-state index in [0.29, 0.717) is 0 Å². The third-order valence-corrected chi connectivity index (χ3v) is 3.81. The van der Waals surface area contributed by atoms with Crippen LogP contribution in [0.25, 0.3) is 0 Å². The van der Waals surface area contributed by atoms with Crippen molar-refractivity contribution in [3.05, 3.63) is 0 Å². The zero-order chi connectivity index (χ0) is 10.6. The molecule has 0 radical (unpaired) electrons. The molecular weight excluding hydrogens is 192 g/mol. The van der Waals surface area contributed by atoms with Gasteiger partial charge in [-0.3, -0.25) is 4.79 Å². The first kappa shape index (κ1) is 12.4. The zero-order valence-corrected chi connectivity index (χ0v) is 8.97. The molecule has 0 saturated heterocycles. The fraction of sp³-hybridized carbons (Fsp3) is 0.857. The van der Waals surface area contributed by atoms with Crippen LogP contribution in [-0.2, 0) is 14.6 Å². The number of sulfone groups is 1. The molecule has 2 N–H and O–H groups in total. The van der Waals surface area contributed by atoms with Crippen molar-refractivity contribution < 1.29 is 13.2 Å². The number of carbonyl (C=O) groups excluding carboxylic acids is 1. The standard InChI is InChI=1S/C7H16N2O3S/c1-6(7(10)9(2)3)13(11,12)5-4-8/h6H,4-5,8H2,1-3H3. The van der Waals surface area contributed by atoms with Crippen LogP contribution in [0.3, 0.4) is 0 Å². The van der Waals surface area contributed by atoms with Gasteiger partial charge >= 0.3 is 0 Å². The van der Waals surface area contributed by atoms with Gasteiger partial charge in [-0.15, -0.1) is 0 Å². The van der Waals surface area contributed by atoms with Crippen LogP contribution < -0.4 is 5.73 Å². The van der Waals surface area contributed by atoms with Gasteiger partial charge in [-0.2, -0.15) is 0 Å². The van der Waals surface area contributed by atoms with Crippen molar-refractivity contribution in [1.29, 1.82) is 0 Å². The lowest BCUT2D eigenvalue weighted by Crippen LogP contribution is -2.39. The molecule has 0 aromatic heterocycles. The van der Waals surface area contributed by atoms with Crippen LogP contribution in [0.4, 0.5) is 0 Å². The second-order valence-corrected chi connectivity index (χ2v) is 5.47. The van der Waals surface area contributed by atoms with Gasteiger partial charge in [-0.1, -0.05) is 0 Å². The van der Waals surface area contributed by atoms with Crippen molar-refractivity contribution in [3.8, 4) is 0 Å². The quantitative estimate of drug-likeness (QED) is 0.631. The molecule has 0 aliphatic rings. The molecule has 0 aliphatic heterocycles. The van der Waals surface area contributed by atoms with Crippen LogP contribution in [0, 0.1) is 0 Å². The van der Waals surface area contributed by atoms with Gasteiger partial charge < -0.3 is 10.6 Å². The van der Waals surface area contributed by atoms with Gasteiger partial charge in [0.1, 0.15) is 5.25 Å². The molecule has 5 nitrogen and oxygen atoms in total. The summed E-state index contributed by atoms with van der Waals surface area (Å²) >= 11 is 0. The first-order valence-corrected chi connectivity index (χ1v) is 5.67. The van der Waals surface area contributed by atoms with E-state index < -0.39 is 21.0 Å². The monoisotopic (exact) mass is 208 g/mol. The largest absolute Gasteiger partial charge is 0.348 e. The summed E-state index contributed by atoms with van der Waals surface area (Å²) in [5.74, 6) is -0.554. The second-order valence-electron chi connectivity index (χ2n) is 3.03. The first-order chi connectivity index (χ1) is 5.83. The van der Waals surface area contributed by atoms with E-state index in [9.17, 15) is 13.2 Å². The number of hydrogen-bond acceptors (Lipinski definition) is 4. The predicted octanol–water partition coefficient (Wildman–Crippen LogP) is -1.16. The van der Waals surface area contributed by atoms with E-state index in [1.807, 2.05) is 0 Å². The smallest absolute Gasteiger partial charge is 0.240 e. The molecule has 0 rings (SSSR count). The van der Waals surface area contributed by atoms with Gasteiger partial charge in [0.25, 0.3) is 0 Å². The predicted molar refractivity (Wildman–Crippen MR) is 51.0 cm³/mol. The van der Waals surface area contributed by atoms with Gasteiger partial charge in [0, 0.05) is 20.6 Å². The molecule has 0 saturated carbocycles. The highest BCUT2D eigenvalue weighted by atomic mass is 32.2. The van der Waals surface area contributed by atoms with E-state index >= 15 is 0 Å². The highest BCUT2D eigenvalue weighted by molar-refractivity contribution is 7.92. The minimum atomic E-state index is -3.37. The Morgan fingerprint density at radius 2 is 1.92 bits per heavy atom. The van der Waals surface area contributed by atoms with Crippen molar-refractivity contribution in [2.24, 2.45) is 5.73 Å². The summed E-state index contributed by atoms with van der Waals surface area (Å²) in [5.41, 5.74) is 5.12. The summed E-state index contributed by atoms with van der Waals surface area (Å²) in [5, 5.41) is -0.994. The Bertz CT molecular complexity index is 271. The van der Waals surface area contributed by atoms with Gasteiger partial charge in [0.05, 0.1) is 5.75 Å². The number of rotatable bonds is 4. The minimum Gasteiger partial charge on any atom is -0.348 e. The molecular formula is C7H16N2O3S. The maximum atomic E-state index is 11.3. The molecule has 0 aromatic rings. The van der Waals surface area contributed by atoms with Crippen LogP contribution >= 0.6 is 0 Å². The van der Waals surface area contributed by atoms with Crippen molar-refractivity contribution in [3.63, 3.8) is 0 Å². The average molecular weight is 208 g/mol. The lowest BCUT2D eigenvalue weighted by atomic mass is 10.4. The van der Waals surface area contributed by atoms with Crippen molar-refractivity contribution in [2.75, 3.05) is 26.4 Å². The number of hydrogen-bond donors (Lipinski definition) is 1. The Kier molecular flexibility index (Phi) is 4.35. The summed E-state index contributed by atoms with van der Waals surface area (Å²) in [7, 11) is -0.322. The van der Waals surface area contributed by atoms with E-state index in [0.717, 1.165) is 0 Å². The lowest BCUT2D eigenvalue weighted by molar-refractivity contribution is -0.127. The topological polar surface area (TPSA) is 80.5 Å². The number of amides is 1. The Hall–Kier alpha value is -0.620. The van der Waals surface area contributed by atoms with Crippen LogP contribution in [-0.4, -0.2) is 50.9 Å². The van der Waals surface area contributed by atoms with Gasteiger partial charge in [-0.25, -0.2) is 8.42 Å². The van der Waals surface area contributed by atoms with Gasteiger partial charge in [0.15, 0.2) is 9.84 Å². The molecule has 0 spiro atoms. The summed E-state index contributed by atoms with van der Waals surface area (Å²) in [6, 6.07) is 0. The average Bonchev–Trinajstić information content (AvgIpc) is 2.01. The Morgan fingerprint density at radius 3 is 2.23 bits per heavy atom. The van der Waals surface area contributed by atoms with Crippen molar-refractivity contribution >= 4 is 15.7 Å². The van der Waals surface area contributed by atoms with Crippen LogP contribution in [0.1, 0.15) is 6.92 Å². The summed E-state index contributed by atoms with van der Waals surface area (Å²) in [4.78, 5) is 12.5. The minimum absolute atomic E-state index is 0.0490. The lowest BCUT2D eigenvalue weighted by Gasteiger charge is -2.16. The molecule has 0 aliphatic carbocycles. The van der Waals surface area contributed by atoms with E-state index in [2.05, 4.69) is 0 Å². The Morgan fingerprint density at radius 1 is 1.46 bits per heavy atom. The maximum absolute atomic E-state index is 11.3. The van der Waals surface area contributed by atoms with E-state index in [-0.39, 0.29) is 12.3 Å². The highest BCUT2D eigenvalue weighted by Crippen LogP contribution is 2.03. The molecule has 1 atom stereocenters. The van der Waals surface area contributed by atoms with Gasteiger partial charge in [0.2, 0.25) is 5.91 Å². The number of carbonyl (C=O) groups is 1. The molecule has 0 heterocycles. The van der Waals surface area contributed by atoms with Crippen molar-refractivity contribution in [1.82, 2.24) is 4.90 Å². The van der Waals surface area contributed by atoms with Gasteiger partial charge in [-0.05, 0) is 6.92 Å². The third-order valence-electron chi connectivity index (χ3n) is 1.73. The summed E-state index contributed by atoms with van der Waals surface area (Å²) in [6.45, 7) is 1.43. The van der Waals surface area contributed by atoms with Crippen LogP contribution in [0.15, 0.2) is 0 Å². The van der Waals surface area contributed by atoms with E-state index in [4.69, 9.17) is 5.73 Å². The summed E-state index contributed by atoms with van der Waals surface area (Å²) in [6.07, 6.45) is 0. The number of nitrogens with zero attached hydrogens (tertiary/aromatic N) is 1. The SMILES string of the molecule is CC(C(=O)N(C)C)S(=O)(=O)CCN. The summed E-state index contributed by atoms with van der Waals surface area (Å²) < 4.78 is 22.7. The zero-order valence-electron chi connectivity index (χ0n) is 8.15. The van der Waals surface area contributed by atoms with Crippen LogP contribution in [0.2, 0.25) is 0 Å². The molecule has 0 bridgehead atoms. The third kappa shape index (κ3) is 3.31. The van der Waals surface area contributed by atoms with E-state index in [1.165, 1.54) is 25.9 Å².